The van der Waals surface area contributed by atoms with E-state index in [1.165, 1.54) is 0 Å². The molecule has 1 aromatic rings. The van der Waals surface area contributed by atoms with Crippen molar-refractivity contribution < 1.29 is 4.79 Å². The normalized spacial score (nSPS) is 24.0. The Morgan fingerprint density at radius 3 is 2.83 bits per heavy atom. The van der Waals surface area contributed by atoms with Crippen LogP contribution in [0.2, 0.25) is 0 Å². The summed E-state index contributed by atoms with van der Waals surface area (Å²) in [5, 5.41) is 0. The maximum atomic E-state index is 11.5. The quantitative estimate of drug-likeness (QED) is 0.828. The van der Waals surface area contributed by atoms with Crippen LogP contribution >= 0.6 is 0 Å². The molecule has 2 rings (SSSR count). The molecule has 2 heterocycles. The molecule has 1 aliphatic rings. The summed E-state index contributed by atoms with van der Waals surface area (Å²) in [5.41, 5.74) is 11.9. The lowest BCUT2D eigenvalue weighted by atomic mass is 9.93. The first-order valence-corrected chi connectivity index (χ1v) is 6.31. The number of amides is 1. The van der Waals surface area contributed by atoms with E-state index in [-0.39, 0.29) is 0 Å². The van der Waals surface area contributed by atoms with Crippen molar-refractivity contribution >= 4 is 17.4 Å². The standard InChI is InChI=1S/C13H20N4O/c1-8-3-4-17(9(2)5-8)13-11(12(15)18)6-10(14)7-16-13/h6-9H,3-5,14H2,1-2H3,(H2,15,18). The van der Waals surface area contributed by atoms with Gasteiger partial charge in [-0.2, -0.15) is 0 Å². The third-order valence-electron chi connectivity index (χ3n) is 3.56. The molecular formula is C13H20N4O. The number of nitrogens with zero attached hydrogens (tertiary/aromatic N) is 2. The number of pyridine rings is 1. The van der Waals surface area contributed by atoms with Gasteiger partial charge in [-0.05, 0) is 31.7 Å². The zero-order chi connectivity index (χ0) is 13.3. The van der Waals surface area contributed by atoms with Gasteiger partial charge in [-0.3, -0.25) is 4.79 Å². The Balaban J connectivity index is 2.35. The Kier molecular flexibility index (Phi) is 3.41. The number of carbonyl (C=O) groups is 1. The topological polar surface area (TPSA) is 85.2 Å². The molecule has 0 aromatic carbocycles. The van der Waals surface area contributed by atoms with Crippen LogP contribution in [0.15, 0.2) is 12.3 Å². The third-order valence-corrected chi connectivity index (χ3v) is 3.56. The number of nitrogens with two attached hydrogens (primary N) is 2. The van der Waals surface area contributed by atoms with Crippen LogP contribution in [0.1, 0.15) is 37.0 Å². The highest BCUT2D eigenvalue weighted by Gasteiger charge is 2.26. The molecule has 0 aliphatic carbocycles. The van der Waals surface area contributed by atoms with Crippen LogP contribution in [0.5, 0.6) is 0 Å². The average Bonchev–Trinajstić information content (AvgIpc) is 2.29. The number of primary amides is 1. The zero-order valence-electron chi connectivity index (χ0n) is 10.9. The van der Waals surface area contributed by atoms with Gasteiger partial charge in [0.15, 0.2) is 0 Å². The number of piperidine rings is 1. The van der Waals surface area contributed by atoms with E-state index in [9.17, 15) is 4.79 Å². The van der Waals surface area contributed by atoms with Crippen molar-refractivity contribution in [3.05, 3.63) is 17.8 Å². The number of hydrogen-bond acceptors (Lipinski definition) is 4. The summed E-state index contributed by atoms with van der Waals surface area (Å²) in [6, 6.07) is 1.97. The highest BCUT2D eigenvalue weighted by molar-refractivity contribution is 5.98. The Labute approximate surface area is 107 Å². The van der Waals surface area contributed by atoms with Crippen LogP contribution in [0.25, 0.3) is 0 Å². The summed E-state index contributed by atoms with van der Waals surface area (Å²) in [5.74, 6) is 0.897. The third kappa shape index (κ3) is 2.39. The minimum absolute atomic E-state index is 0.364. The van der Waals surface area contributed by atoms with Crippen LogP contribution in [-0.2, 0) is 0 Å². The molecule has 1 amide bonds. The number of hydrogen-bond donors (Lipinski definition) is 2. The highest BCUT2D eigenvalue weighted by Crippen LogP contribution is 2.29. The first kappa shape index (κ1) is 12.7. The van der Waals surface area contributed by atoms with Crippen LogP contribution < -0.4 is 16.4 Å². The van der Waals surface area contributed by atoms with E-state index in [2.05, 4.69) is 23.7 Å². The van der Waals surface area contributed by atoms with E-state index in [4.69, 9.17) is 11.5 Å². The maximum Gasteiger partial charge on any atom is 0.252 e. The summed E-state index contributed by atoms with van der Waals surface area (Å²) >= 11 is 0. The fourth-order valence-electron chi connectivity index (χ4n) is 2.61. The lowest BCUT2D eigenvalue weighted by Gasteiger charge is -2.38. The van der Waals surface area contributed by atoms with Crippen molar-refractivity contribution in [2.24, 2.45) is 11.7 Å². The number of carbonyl (C=O) groups excluding carboxylic acids is 1. The van der Waals surface area contributed by atoms with Gasteiger partial charge in [-0.25, -0.2) is 4.98 Å². The van der Waals surface area contributed by atoms with Gasteiger partial charge in [-0.1, -0.05) is 6.92 Å². The van der Waals surface area contributed by atoms with E-state index >= 15 is 0 Å². The van der Waals surface area contributed by atoms with Gasteiger partial charge in [0.2, 0.25) is 0 Å². The van der Waals surface area contributed by atoms with E-state index in [0.717, 1.165) is 19.4 Å². The van der Waals surface area contributed by atoms with Gasteiger partial charge in [0.25, 0.3) is 5.91 Å². The molecule has 1 fully saturated rings. The molecule has 18 heavy (non-hydrogen) atoms. The second-order valence-electron chi connectivity index (χ2n) is 5.18. The van der Waals surface area contributed by atoms with Gasteiger partial charge in [0.1, 0.15) is 5.82 Å². The summed E-state index contributed by atoms with van der Waals surface area (Å²) in [4.78, 5) is 17.9. The average molecular weight is 248 g/mol. The van der Waals surface area contributed by atoms with Crippen molar-refractivity contribution in [1.82, 2.24) is 4.98 Å². The molecule has 2 unspecified atom stereocenters. The Hall–Kier alpha value is -1.78. The Morgan fingerprint density at radius 2 is 2.22 bits per heavy atom. The molecule has 0 radical (unpaired) electrons. The van der Waals surface area contributed by atoms with E-state index in [1.54, 1.807) is 12.3 Å². The van der Waals surface area contributed by atoms with Crippen LogP contribution in [0.3, 0.4) is 0 Å². The maximum absolute atomic E-state index is 11.5. The SMILES string of the molecule is CC1CCN(c2ncc(N)cc2C(N)=O)C(C)C1. The van der Waals surface area contributed by atoms with Gasteiger partial charge in [-0.15, -0.1) is 0 Å². The first-order valence-electron chi connectivity index (χ1n) is 6.31. The minimum atomic E-state index is -0.476. The molecule has 98 valence electrons. The summed E-state index contributed by atoms with van der Waals surface area (Å²) in [6.45, 7) is 5.30. The monoisotopic (exact) mass is 248 g/mol. The molecular weight excluding hydrogens is 228 g/mol. The lowest BCUT2D eigenvalue weighted by molar-refractivity contribution is 0.100. The van der Waals surface area contributed by atoms with Crippen molar-refractivity contribution in [3.63, 3.8) is 0 Å². The second-order valence-corrected chi connectivity index (χ2v) is 5.18. The predicted octanol–water partition coefficient (Wildman–Crippen LogP) is 1.39. The number of nitrogen functional groups attached to an aromatic ring is 1. The molecule has 5 heteroatoms. The molecule has 0 saturated carbocycles. The number of anilines is 2. The Bertz CT molecular complexity index is 460. The van der Waals surface area contributed by atoms with Gasteiger partial charge in [0.05, 0.1) is 17.4 Å². The number of rotatable bonds is 2. The minimum Gasteiger partial charge on any atom is -0.397 e. The fraction of sp³-hybridized carbons (Fsp3) is 0.538. The molecule has 1 aromatic heterocycles. The lowest BCUT2D eigenvalue weighted by Crippen LogP contribution is -2.41. The summed E-state index contributed by atoms with van der Waals surface area (Å²) in [7, 11) is 0. The number of aromatic nitrogens is 1. The van der Waals surface area contributed by atoms with E-state index in [1.807, 2.05) is 0 Å². The van der Waals surface area contributed by atoms with Gasteiger partial charge < -0.3 is 16.4 Å². The second kappa shape index (κ2) is 4.84. The van der Waals surface area contributed by atoms with Crippen molar-refractivity contribution in [3.8, 4) is 0 Å². The van der Waals surface area contributed by atoms with Crippen molar-refractivity contribution in [1.29, 1.82) is 0 Å². The largest absolute Gasteiger partial charge is 0.397 e. The smallest absolute Gasteiger partial charge is 0.252 e. The molecule has 0 spiro atoms. The molecule has 2 atom stereocenters. The van der Waals surface area contributed by atoms with Gasteiger partial charge in [0, 0.05) is 12.6 Å². The Morgan fingerprint density at radius 1 is 1.50 bits per heavy atom. The summed E-state index contributed by atoms with van der Waals surface area (Å²) < 4.78 is 0. The van der Waals surface area contributed by atoms with Crippen LogP contribution in [-0.4, -0.2) is 23.5 Å². The highest BCUT2D eigenvalue weighted by atomic mass is 16.1. The molecule has 1 aliphatic heterocycles. The van der Waals surface area contributed by atoms with Crippen molar-refractivity contribution in [2.75, 3.05) is 17.2 Å². The van der Waals surface area contributed by atoms with Gasteiger partial charge >= 0.3 is 0 Å². The fourth-order valence-corrected chi connectivity index (χ4v) is 2.61. The molecule has 0 bridgehead atoms. The van der Waals surface area contributed by atoms with Crippen LogP contribution in [0, 0.1) is 5.92 Å². The predicted molar refractivity (Wildman–Crippen MR) is 72.4 cm³/mol. The molecule has 4 N–H and O–H groups in total. The summed E-state index contributed by atoms with van der Waals surface area (Å²) in [6.07, 6.45) is 3.78. The zero-order valence-corrected chi connectivity index (χ0v) is 10.9. The van der Waals surface area contributed by atoms with Crippen LogP contribution in [0.4, 0.5) is 11.5 Å². The molecule has 1 saturated heterocycles. The van der Waals surface area contributed by atoms with E-state index < -0.39 is 5.91 Å². The first-order chi connectivity index (χ1) is 8.49. The van der Waals surface area contributed by atoms with Crippen molar-refractivity contribution in [2.45, 2.75) is 32.7 Å². The molecule has 5 nitrogen and oxygen atoms in total. The van der Waals surface area contributed by atoms with E-state index in [0.29, 0.717) is 29.0 Å².